The van der Waals surface area contributed by atoms with Gasteiger partial charge in [0.05, 0.1) is 0 Å². The molecular weight excluding hydrogens is 300 g/mol. The highest BCUT2D eigenvalue weighted by Gasteiger charge is 2.35. The maximum Gasteiger partial charge on any atom is 0.0158 e. The zero-order valence-corrected chi connectivity index (χ0v) is 14.7. The monoisotopic (exact) mass is 322 g/mol. The van der Waals surface area contributed by atoms with Gasteiger partial charge in [-0.2, -0.15) is 0 Å². The minimum absolute atomic E-state index is 0.0140. The molecule has 2 aromatic rings. The Bertz CT molecular complexity index is 959. The van der Waals surface area contributed by atoms with Crippen molar-refractivity contribution in [3.8, 4) is 0 Å². The highest BCUT2D eigenvalue weighted by atomic mass is 14.4. The first-order valence-electron chi connectivity index (χ1n) is 8.81. The maximum absolute atomic E-state index is 2.32. The summed E-state index contributed by atoms with van der Waals surface area (Å²) in [6.45, 7) is 4.63. The molecule has 0 aromatic heterocycles. The summed E-state index contributed by atoms with van der Waals surface area (Å²) in [5.41, 5.74) is 7.93. The topological polar surface area (TPSA) is 0 Å². The van der Waals surface area contributed by atoms with E-state index in [1.807, 2.05) is 0 Å². The first kappa shape index (κ1) is 15.7. The lowest BCUT2D eigenvalue weighted by Crippen LogP contribution is -2.15. The molecule has 0 radical (unpaired) electrons. The predicted molar refractivity (Wildman–Crippen MR) is 109 cm³/mol. The second kappa shape index (κ2) is 6.22. The molecule has 0 aliphatic heterocycles. The van der Waals surface area contributed by atoms with Crippen LogP contribution in [0.25, 0.3) is 17.7 Å². The average molecular weight is 322 g/mol. The summed E-state index contributed by atoms with van der Waals surface area (Å²) in [5, 5.41) is 0. The van der Waals surface area contributed by atoms with E-state index in [9.17, 15) is 0 Å². The fourth-order valence-corrected chi connectivity index (χ4v) is 3.79. The largest absolute Gasteiger partial charge is 0.0623 e. The lowest BCUT2D eigenvalue weighted by molar-refractivity contribution is 0.654. The molecule has 0 amide bonds. The highest BCUT2D eigenvalue weighted by Crippen LogP contribution is 2.47. The van der Waals surface area contributed by atoms with Gasteiger partial charge in [-0.15, -0.1) is 0 Å². The van der Waals surface area contributed by atoms with E-state index in [4.69, 9.17) is 0 Å². The fraction of sp³-hybridized carbons (Fsp3) is 0.120. The first-order chi connectivity index (χ1) is 12.2. The highest BCUT2D eigenvalue weighted by molar-refractivity contribution is 5.90. The Kier molecular flexibility index (Phi) is 3.89. The van der Waals surface area contributed by atoms with Gasteiger partial charge in [0.2, 0.25) is 0 Å². The third-order valence-corrected chi connectivity index (χ3v) is 5.15. The van der Waals surface area contributed by atoms with Gasteiger partial charge in [0.15, 0.2) is 0 Å². The Hall–Kier alpha value is -2.86. The Morgan fingerprint density at radius 3 is 2.04 bits per heavy atom. The Labute approximate surface area is 150 Å². The normalized spacial score (nSPS) is 22.6. The molecule has 4 rings (SSSR count). The molecule has 25 heavy (non-hydrogen) atoms. The van der Waals surface area contributed by atoms with E-state index in [0.717, 1.165) is 0 Å². The second-order valence-corrected chi connectivity index (χ2v) is 7.06. The van der Waals surface area contributed by atoms with Crippen LogP contribution in [0.5, 0.6) is 0 Å². The summed E-state index contributed by atoms with van der Waals surface area (Å²) in [6, 6.07) is 17.3. The van der Waals surface area contributed by atoms with E-state index in [1.165, 1.54) is 33.4 Å². The minimum Gasteiger partial charge on any atom is -0.0623 e. The van der Waals surface area contributed by atoms with Crippen molar-refractivity contribution in [1.82, 2.24) is 0 Å². The van der Waals surface area contributed by atoms with Gasteiger partial charge in [0.1, 0.15) is 0 Å². The zero-order valence-electron chi connectivity index (χ0n) is 14.7. The number of hydrogen-bond donors (Lipinski definition) is 0. The molecule has 0 saturated carbocycles. The van der Waals surface area contributed by atoms with Crippen LogP contribution in [0.15, 0.2) is 90.6 Å². The summed E-state index contributed by atoms with van der Waals surface area (Å²) in [4.78, 5) is 0. The lowest BCUT2D eigenvalue weighted by Gasteiger charge is -2.22. The lowest BCUT2D eigenvalue weighted by atomic mass is 9.81. The van der Waals surface area contributed by atoms with Crippen molar-refractivity contribution >= 4 is 17.7 Å². The molecule has 0 heteroatoms. The predicted octanol–water partition coefficient (Wildman–Crippen LogP) is 6.58. The third-order valence-electron chi connectivity index (χ3n) is 5.15. The van der Waals surface area contributed by atoms with Crippen molar-refractivity contribution in [3.63, 3.8) is 0 Å². The smallest absolute Gasteiger partial charge is 0.0158 e. The van der Waals surface area contributed by atoms with Gasteiger partial charge in [-0.25, -0.2) is 0 Å². The van der Waals surface area contributed by atoms with Crippen LogP contribution in [-0.4, -0.2) is 0 Å². The number of fused-ring (bicyclic) bond motifs is 3. The fourth-order valence-electron chi connectivity index (χ4n) is 3.79. The van der Waals surface area contributed by atoms with Crippen molar-refractivity contribution in [3.05, 3.63) is 113 Å². The molecule has 0 saturated heterocycles. The van der Waals surface area contributed by atoms with Gasteiger partial charge in [0, 0.05) is 5.41 Å². The molecule has 0 unspecified atom stereocenters. The minimum atomic E-state index is 0.0140. The summed E-state index contributed by atoms with van der Waals surface area (Å²) in [7, 11) is 0. The van der Waals surface area contributed by atoms with Crippen molar-refractivity contribution in [2.45, 2.75) is 19.3 Å². The van der Waals surface area contributed by atoms with Crippen LogP contribution in [-0.2, 0) is 5.41 Å². The van der Waals surface area contributed by atoms with Crippen molar-refractivity contribution in [2.75, 3.05) is 0 Å². The summed E-state index contributed by atoms with van der Waals surface area (Å²) in [6.07, 6.45) is 17.4. The SMILES string of the molecule is CC1(C)C2=C(/C=C/c3ccccc3\C=C/C=C/C=C\2)c2ccccc21. The Morgan fingerprint density at radius 2 is 1.24 bits per heavy atom. The molecule has 2 aromatic carbocycles. The molecule has 0 nitrogen and oxygen atoms in total. The molecule has 0 heterocycles. The molecule has 2 aliphatic carbocycles. The van der Waals surface area contributed by atoms with E-state index in [1.54, 1.807) is 0 Å². The van der Waals surface area contributed by atoms with Gasteiger partial charge >= 0.3 is 0 Å². The standard InChI is InChI=1S/C25H22/c1-25(2)23-16-10-9-14-21(23)22-18-17-20-13-8-7-12-19(20)11-5-3-4-6-15-24(22)25/h3-18H,1-2H3/b4-3+,5-3?,6-4?,11-5-,15-6-,18-17+,19-11?,20-17?,22-18?,24-15?. The number of allylic oxidation sites excluding steroid dienone is 8. The molecule has 2 aliphatic rings. The molecule has 0 fully saturated rings. The number of benzene rings is 2. The van der Waals surface area contributed by atoms with Crippen LogP contribution in [0.4, 0.5) is 0 Å². The van der Waals surface area contributed by atoms with E-state index < -0.39 is 0 Å². The van der Waals surface area contributed by atoms with Crippen LogP contribution in [0.2, 0.25) is 0 Å². The van der Waals surface area contributed by atoms with Gasteiger partial charge in [-0.1, -0.05) is 111 Å². The Balaban J connectivity index is 1.94. The molecule has 122 valence electrons. The number of hydrogen-bond acceptors (Lipinski definition) is 0. The van der Waals surface area contributed by atoms with Crippen molar-refractivity contribution in [1.29, 1.82) is 0 Å². The summed E-state index contributed by atoms with van der Waals surface area (Å²) >= 11 is 0. The van der Waals surface area contributed by atoms with Gasteiger partial charge in [0.25, 0.3) is 0 Å². The number of rotatable bonds is 0. The molecule has 0 bridgehead atoms. The van der Waals surface area contributed by atoms with Gasteiger partial charge in [-0.3, -0.25) is 0 Å². The summed E-state index contributed by atoms with van der Waals surface area (Å²) < 4.78 is 0. The Morgan fingerprint density at radius 1 is 0.600 bits per heavy atom. The maximum atomic E-state index is 2.32. The molecular formula is C25H22. The van der Waals surface area contributed by atoms with Crippen molar-refractivity contribution < 1.29 is 0 Å². The van der Waals surface area contributed by atoms with Gasteiger partial charge in [-0.05, 0) is 33.4 Å². The van der Waals surface area contributed by atoms with Crippen LogP contribution in [0.3, 0.4) is 0 Å². The quantitative estimate of drug-likeness (QED) is 0.513. The molecule has 0 spiro atoms. The zero-order chi connectivity index (χ0) is 17.3. The first-order valence-corrected chi connectivity index (χ1v) is 8.81. The van der Waals surface area contributed by atoms with E-state index in [0.29, 0.717) is 0 Å². The van der Waals surface area contributed by atoms with Crippen molar-refractivity contribution in [2.24, 2.45) is 0 Å². The second-order valence-electron chi connectivity index (χ2n) is 7.06. The molecule has 0 N–H and O–H groups in total. The van der Waals surface area contributed by atoms with Crippen LogP contribution >= 0.6 is 0 Å². The van der Waals surface area contributed by atoms with Crippen LogP contribution < -0.4 is 0 Å². The average Bonchev–Trinajstić information content (AvgIpc) is 2.83. The third kappa shape index (κ3) is 2.74. The van der Waals surface area contributed by atoms with Crippen LogP contribution in [0.1, 0.15) is 36.1 Å². The van der Waals surface area contributed by atoms with E-state index in [2.05, 4.69) is 111 Å². The van der Waals surface area contributed by atoms with E-state index in [-0.39, 0.29) is 5.41 Å². The van der Waals surface area contributed by atoms with Gasteiger partial charge < -0.3 is 0 Å². The molecule has 0 atom stereocenters. The van der Waals surface area contributed by atoms with Crippen LogP contribution in [0, 0.1) is 0 Å². The summed E-state index contributed by atoms with van der Waals surface area (Å²) in [5.74, 6) is 0. The van der Waals surface area contributed by atoms with E-state index >= 15 is 0 Å².